The van der Waals surface area contributed by atoms with Gasteiger partial charge in [-0.15, -0.1) is 0 Å². The Kier molecular flexibility index (Phi) is 4.10. The Morgan fingerprint density at radius 1 is 1.39 bits per heavy atom. The molecule has 1 aliphatic carbocycles. The summed E-state index contributed by atoms with van der Waals surface area (Å²) in [5, 5.41) is 8.19. The summed E-state index contributed by atoms with van der Waals surface area (Å²) in [7, 11) is 2.05. The highest BCUT2D eigenvalue weighted by Crippen LogP contribution is 2.29. The lowest BCUT2D eigenvalue weighted by molar-refractivity contribution is 0.277. The highest BCUT2D eigenvalue weighted by Gasteiger charge is 2.24. The fraction of sp³-hybridized carbons (Fsp3) is 0.800. The van der Waals surface area contributed by atoms with Crippen LogP contribution < -0.4 is 5.32 Å². The molecule has 1 aromatic heterocycles. The number of nitrogens with one attached hydrogen (secondary N) is 1. The maximum Gasteiger partial charge on any atom is 0.0640 e. The standard InChI is InChI=1S/C15H27N3/c1-15(2,3)14(16-4)11-12-9-10-18(17-12)13-7-5-6-8-13/h9-10,13-14,16H,5-8,11H2,1-4H3. The molecule has 102 valence electrons. The first kappa shape index (κ1) is 13.6. The number of hydrogen-bond acceptors (Lipinski definition) is 2. The third-order valence-electron chi connectivity index (χ3n) is 4.17. The van der Waals surface area contributed by atoms with Crippen LogP contribution in [-0.4, -0.2) is 22.9 Å². The van der Waals surface area contributed by atoms with Gasteiger partial charge < -0.3 is 5.32 Å². The Bertz CT molecular complexity index is 369. The van der Waals surface area contributed by atoms with E-state index < -0.39 is 0 Å². The monoisotopic (exact) mass is 249 g/mol. The summed E-state index contributed by atoms with van der Waals surface area (Å²) in [5.74, 6) is 0. The first-order valence-corrected chi connectivity index (χ1v) is 7.22. The molecule has 2 rings (SSSR count). The van der Waals surface area contributed by atoms with Crippen LogP contribution in [0.25, 0.3) is 0 Å². The van der Waals surface area contributed by atoms with E-state index in [-0.39, 0.29) is 5.41 Å². The predicted octanol–water partition coefficient (Wildman–Crippen LogP) is 3.17. The van der Waals surface area contributed by atoms with Gasteiger partial charge in [-0.2, -0.15) is 5.10 Å². The average molecular weight is 249 g/mol. The topological polar surface area (TPSA) is 29.9 Å². The van der Waals surface area contributed by atoms with Crippen molar-refractivity contribution in [1.82, 2.24) is 15.1 Å². The van der Waals surface area contributed by atoms with Crippen molar-refractivity contribution < 1.29 is 0 Å². The fourth-order valence-electron chi connectivity index (χ4n) is 2.91. The molecule has 0 saturated heterocycles. The van der Waals surface area contributed by atoms with Gasteiger partial charge in [-0.1, -0.05) is 33.6 Å². The molecule has 1 heterocycles. The van der Waals surface area contributed by atoms with E-state index in [0.717, 1.165) is 6.42 Å². The third kappa shape index (κ3) is 3.14. The molecule has 0 bridgehead atoms. The maximum atomic E-state index is 4.77. The number of aromatic nitrogens is 2. The van der Waals surface area contributed by atoms with E-state index >= 15 is 0 Å². The predicted molar refractivity (Wildman–Crippen MR) is 75.7 cm³/mol. The van der Waals surface area contributed by atoms with E-state index in [2.05, 4.69) is 43.0 Å². The highest BCUT2D eigenvalue weighted by atomic mass is 15.3. The van der Waals surface area contributed by atoms with Crippen LogP contribution in [0.4, 0.5) is 0 Å². The molecule has 1 N–H and O–H groups in total. The molecule has 3 nitrogen and oxygen atoms in total. The lowest BCUT2D eigenvalue weighted by Crippen LogP contribution is -2.39. The minimum atomic E-state index is 0.270. The molecule has 1 saturated carbocycles. The van der Waals surface area contributed by atoms with Crippen LogP contribution in [0.1, 0.15) is 58.2 Å². The van der Waals surface area contributed by atoms with Gasteiger partial charge in [0.2, 0.25) is 0 Å². The van der Waals surface area contributed by atoms with E-state index in [4.69, 9.17) is 5.10 Å². The van der Waals surface area contributed by atoms with Gasteiger partial charge in [-0.3, -0.25) is 4.68 Å². The minimum absolute atomic E-state index is 0.270. The third-order valence-corrected chi connectivity index (χ3v) is 4.17. The van der Waals surface area contributed by atoms with E-state index in [9.17, 15) is 0 Å². The minimum Gasteiger partial charge on any atom is -0.316 e. The zero-order chi connectivity index (χ0) is 13.2. The van der Waals surface area contributed by atoms with Crippen LogP contribution in [-0.2, 0) is 6.42 Å². The molecule has 1 aliphatic rings. The van der Waals surface area contributed by atoms with E-state index in [1.807, 2.05) is 7.05 Å². The molecule has 3 heteroatoms. The lowest BCUT2D eigenvalue weighted by atomic mass is 9.84. The number of hydrogen-bond donors (Lipinski definition) is 1. The number of nitrogens with zero attached hydrogens (tertiary/aromatic N) is 2. The molecule has 1 unspecified atom stereocenters. The van der Waals surface area contributed by atoms with Gasteiger partial charge in [0, 0.05) is 18.7 Å². The van der Waals surface area contributed by atoms with Crippen molar-refractivity contribution in [2.24, 2.45) is 5.41 Å². The second-order valence-electron chi connectivity index (χ2n) is 6.64. The Hall–Kier alpha value is -0.830. The Labute approximate surface area is 111 Å². The maximum absolute atomic E-state index is 4.77. The van der Waals surface area contributed by atoms with Gasteiger partial charge >= 0.3 is 0 Å². The largest absolute Gasteiger partial charge is 0.316 e. The Balaban J connectivity index is 2.01. The Morgan fingerprint density at radius 2 is 2.06 bits per heavy atom. The van der Waals surface area contributed by atoms with Crippen molar-refractivity contribution in [3.8, 4) is 0 Å². The second kappa shape index (κ2) is 5.43. The summed E-state index contributed by atoms with van der Waals surface area (Å²) in [5.41, 5.74) is 1.49. The molecular weight excluding hydrogens is 222 g/mol. The zero-order valence-electron chi connectivity index (χ0n) is 12.2. The van der Waals surface area contributed by atoms with E-state index in [1.54, 1.807) is 0 Å². The summed E-state index contributed by atoms with van der Waals surface area (Å²) < 4.78 is 2.19. The van der Waals surface area contributed by atoms with Crippen molar-refractivity contribution in [2.75, 3.05) is 7.05 Å². The first-order chi connectivity index (χ1) is 8.50. The van der Waals surface area contributed by atoms with Gasteiger partial charge in [0.1, 0.15) is 0 Å². The van der Waals surface area contributed by atoms with Gasteiger partial charge in [-0.05, 0) is 31.4 Å². The summed E-state index contributed by atoms with van der Waals surface area (Å²) in [4.78, 5) is 0. The van der Waals surface area contributed by atoms with E-state index in [0.29, 0.717) is 12.1 Å². The van der Waals surface area contributed by atoms with Crippen LogP contribution in [0.5, 0.6) is 0 Å². The Morgan fingerprint density at radius 3 is 2.61 bits per heavy atom. The second-order valence-corrected chi connectivity index (χ2v) is 6.64. The van der Waals surface area contributed by atoms with Crippen molar-refractivity contribution >= 4 is 0 Å². The quantitative estimate of drug-likeness (QED) is 0.888. The first-order valence-electron chi connectivity index (χ1n) is 7.22. The highest BCUT2D eigenvalue weighted by molar-refractivity contribution is 5.04. The van der Waals surface area contributed by atoms with Gasteiger partial charge in [-0.25, -0.2) is 0 Å². The zero-order valence-corrected chi connectivity index (χ0v) is 12.2. The molecule has 1 fully saturated rings. The van der Waals surface area contributed by atoms with Gasteiger partial charge in [0.05, 0.1) is 11.7 Å². The molecule has 1 atom stereocenters. The fourth-order valence-corrected chi connectivity index (χ4v) is 2.91. The van der Waals surface area contributed by atoms with Crippen LogP contribution in [0.3, 0.4) is 0 Å². The van der Waals surface area contributed by atoms with Crippen LogP contribution in [0, 0.1) is 5.41 Å². The van der Waals surface area contributed by atoms with Crippen molar-refractivity contribution in [3.63, 3.8) is 0 Å². The average Bonchev–Trinajstić information content (AvgIpc) is 2.94. The summed E-state index contributed by atoms with van der Waals surface area (Å²) in [6.45, 7) is 6.84. The van der Waals surface area contributed by atoms with Crippen LogP contribution in [0.15, 0.2) is 12.3 Å². The molecule has 18 heavy (non-hydrogen) atoms. The van der Waals surface area contributed by atoms with Crippen LogP contribution >= 0.6 is 0 Å². The number of likely N-dealkylation sites (N-methyl/N-ethyl adjacent to an activating group) is 1. The van der Waals surface area contributed by atoms with Gasteiger partial charge in [0.25, 0.3) is 0 Å². The molecule has 0 radical (unpaired) electrons. The molecule has 0 spiro atoms. The summed E-state index contributed by atoms with van der Waals surface area (Å²) >= 11 is 0. The number of rotatable bonds is 4. The summed E-state index contributed by atoms with van der Waals surface area (Å²) in [6, 6.07) is 3.32. The molecule has 0 aliphatic heterocycles. The van der Waals surface area contributed by atoms with Gasteiger partial charge in [0.15, 0.2) is 0 Å². The molecular formula is C15H27N3. The normalized spacial score (nSPS) is 19.3. The van der Waals surface area contributed by atoms with Crippen molar-refractivity contribution in [1.29, 1.82) is 0 Å². The van der Waals surface area contributed by atoms with Crippen molar-refractivity contribution in [3.05, 3.63) is 18.0 Å². The van der Waals surface area contributed by atoms with Crippen LogP contribution in [0.2, 0.25) is 0 Å². The molecule has 0 aromatic carbocycles. The van der Waals surface area contributed by atoms with E-state index in [1.165, 1.54) is 31.4 Å². The SMILES string of the molecule is CNC(Cc1ccn(C2CCCC2)n1)C(C)(C)C. The molecule has 1 aromatic rings. The molecule has 0 amide bonds. The lowest BCUT2D eigenvalue weighted by Gasteiger charge is -2.29. The smallest absolute Gasteiger partial charge is 0.0640 e. The summed E-state index contributed by atoms with van der Waals surface area (Å²) in [6.07, 6.45) is 8.51. The van der Waals surface area contributed by atoms with Crippen molar-refractivity contribution in [2.45, 2.75) is 65.0 Å².